The van der Waals surface area contributed by atoms with E-state index in [4.69, 9.17) is 16.0 Å². The number of halogens is 1. The molecule has 0 atom stereocenters. The van der Waals surface area contributed by atoms with Crippen molar-refractivity contribution in [1.82, 2.24) is 20.0 Å². The zero-order valence-corrected chi connectivity index (χ0v) is 19.5. The van der Waals surface area contributed by atoms with Gasteiger partial charge >= 0.3 is 0 Å². The van der Waals surface area contributed by atoms with Crippen LogP contribution in [0.25, 0.3) is 11.0 Å². The molecule has 4 rings (SSSR count). The molecule has 1 aliphatic heterocycles. The van der Waals surface area contributed by atoms with Gasteiger partial charge in [0, 0.05) is 46.7 Å². The maximum Gasteiger partial charge on any atom is 0.272 e. The van der Waals surface area contributed by atoms with Crippen molar-refractivity contribution in [2.45, 2.75) is 59.0 Å². The first-order valence-corrected chi connectivity index (χ1v) is 11.5. The molecule has 31 heavy (non-hydrogen) atoms. The van der Waals surface area contributed by atoms with Gasteiger partial charge in [0.25, 0.3) is 5.91 Å². The molecule has 0 aliphatic carbocycles. The third kappa shape index (κ3) is 4.80. The van der Waals surface area contributed by atoms with Crippen molar-refractivity contribution in [2.24, 2.45) is 0 Å². The van der Waals surface area contributed by atoms with E-state index in [2.05, 4.69) is 36.1 Å². The van der Waals surface area contributed by atoms with Crippen LogP contribution in [0.3, 0.4) is 0 Å². The van der Waals surface area contributed by atoms with Gasteiger partial charge in [0.05, 0.1) is 6.54 Å². The van der Waals surface area contributed by atoms with Crippen molar-refractivity contribution >= 4 is 28.5 Å². The van der Waals surface area contributed by atoms with Crippen molar-refractivity contribution in [3.8, 4) is 0 Å². The summed E-state index contributed by atoms with van der Waals surface area (Å²) in [4.78, 5) is 15.2. The van der Waals surface area contributed by atoms with Crippen LogP contribution in [0.4, 0.5) is 0 Å². The molecule has 3 aromatic rings. The van der Waals surface area contributed by atoms with Gasteiger partial charge in [0.2, 0.25) is 0 Å². The fourth-order valence-electron chi connectivity index (χ4n) is 4.20. The Morgan fingerprint density at radius 1 is 1.26 bits per heavy atom. The number of carbonyl (C=O) groups excluding carboxylic acids is 1. The van der Waals surface area contributed by atoms with Gasteiger partial charge in [0.1, 0.15) is 17.0 Å². The van der Waals surface area contributed by atoms with Crippen LogP contribution >= 0.6 is 11.6 Å². The monoisotopic (exact) mass is 442 g/mol. The lowest BCUT2D eigenvalue weighted by Gasteiger charge is -2.31. The number of hydrogen-bond acceptors (Lipinski definition) is 4. The van der Waals surface area contributed by atoms with Crippen molar-refractivity contribution in [2.75, 3.05) is 19.6 Å². The van der Waals surface area contributed by atoms with Crippen molar-refractivity contribution in [1.29, 1.82) is 0 Å². The third-order valence-corrected chi connectivity index (χ3v) is 6.37. The van der Waals surface area contributed by atoms with Crippen LogP contribution in [0, 0.1) is 6.92 Å². The van der Waals surface area contributed by atoms with E-state index in [-0.39, 0.29) is 11.9 Å². The Morgan fingerprint density at radius 3 is 2.68 bits per heavy atom. The van der Waals surface area contributed by atoms with Crippen LogP contribution in [0.5, 0.6) is 0 Å². The summed E-state index contributed by atoms with van der Waals surface area (Å²) >= 11 is 6.36. The number of carbonyl (C=O) groups is 1. The van der Waals surface area contributed by atoms with E-state index in [9.17, 15) is 4.79 Å². The summed E-state index contributed by atoms with van der Waals surface area (Å²) in [7, 11) is 0. The predicted molar refractivity (Wildman–Crippen MR) is 124 cm³/mol. The van der Waals surface area contributed by atoms with E-state index in [1.54, 1.807) is 0 Å². The summed E-state index contributed by atoms with van der Waals surface area (Å²) in [6.07, 6.45) is 1.97. The maximum atomic E-state index is 12.8. The largest absolute Gasteiger partial charge is 0.460 e. The number of amides is 1. The summed E-state index contributed by atoms with van der Waals surface area (Å²) < 4.78 is 7.96. The zero-order valence-electron chi connectivity index (χ0n) is 18.7. The van der Waals surface area contributed by atoms with Gasteiger partial charge in [-0.1, -0.05) is 32.4 Å². The molecule has 0 unspecified atom stereocenters. The fraction of sp³-hybridized carbons (Fsp3) is 0.500. The molecule has 166 valence electrons. The minimum atomic E-state index is -0.104. The molecule has 6 nitrogen and oxygen atoms in total. The lowest BCUT2D eigenvalue weighted by molar-refractivity contribution is 0.0907. The van der Waals surface area contributed by atoms with Crippen molar-refractivity contribution in [3.63, 3.8) is 0 Å². The van der Waals surface area contributed by atoms with Gasteiger partial charge < -0.3 is 14.6 Å². The van der Waals surface area contributed by atoms with Gasteiger partial charge in [-0.2, -0.15) is 5.10 Å². The molecule has 7 heteroatoms. The fourth-order valence-corrected chi connectivity index (χ4v) is 4.45. The van der Waals surface area contributed by atoms with Crippen LogP contribution in [0.2, 0.25) is 5.02 Å². The maximum absolute atomic E-state index is 12.8. The molecule has 0 spiro atoms. The molecule has 0 saturated carbocycles. The molecular weight excluding hydrogens is 412 g/mol. The first-order chi connectivity index (χ1) is 14.8. The lowest BCUT2D eigenvalue weighted by atomic mass is 10.0. The number of benzene rings is 1. The van der Waals surface area contributed by atoms with Crippen LogP contribution < -0.4 is 5.32 Å². The Labute approximate surface area is 188 Å². The SMILES string of the molecule is CCN1CCC(NC(=O)c2cc(C)n(Cc3cc(Cl)cc4cc(C(C)C)oc34)n2)CC1. The van der Waals surface area contributed by atoms with E-state index in [0.717, 1.165) is 60.5 Å². The summed E-state index contributed by atoms with van der Waals surface area (Å²) in [6.45, 7) is 12.0. The number of nitrogens with zero attached hydrogens (tertiary/aromatic N) is 3. The quantitative estimate of drug-likeness (QED) is 0.585. The highest BCUT2D eigenvalue weighted by Crippen LogP contribution is 2.31. The average Bonchev–Trinajstić information content (AvgIpc) is 3.32. The van der Waals surface area contributed by atoms with Gasteiger partial charge in [-0.3, -0.25) is 9.48 Å². The molecule has 1 N–H and O–H groups in total. The van der Waals surface area contributed by atoms with Gasteiger partial charge in [-0.15, -0.1) is 0 Å². The first kappa shape index (κ1) is 21.9. The van der Waals surface area contributed by atoms with Crippen LogP contribution in [-0.4, -0.2) is 46.3 Å². The van der Waals surface area contributed by atoms with Gasteiger partial charge in [-0.05, 0) is 50.6 Å². The number of likely N-dealkylation sites (tertiary alicyclic amines) is 1. The van der Waals surface area contributed by atoms with Gasteiger partial charge in [-0.25, -0.2) is 0 Å². The predicted octanol–water partition coefficient (Wildman–Crippen LogP) is 4.98. The Kier molecular flexibility index (Phi) is 6.39. The average molecular weight is 443 g/mol. The van der Waals surface area contributed by atoms with Crippen LogP contribution in [-0.2, 0) is 6.54 Å². The number of nitrogens with one attached hydrogen (secondary N) is 1. The van der Waals surface area contributed by atoms with E-state index in [1.165, 1.54) is 0 Å². The third-order valence-electron chi connectivity index (χ3n) is 6.15. The summed E-state index contributed by atoms with van der Waals surface area (Å²) in [5.41, 5.74) is 3.17. The first-order valence-electron chi connectivity index (χ1n) is 11.1. The number of piperidine rings is 1. The smallest absolute Gasteiger partial charge is 0.272 e. The molecule has 1 aliphatic rings. The second-order valence-corrected chi connectivity index (χ2v) is 9.23. The Bertz CT molecular complexity index is 1080. The molecule has 2 aromatic heterocycles. The number of fused-ring (bicyclic) bond motifs is 1. The Hall–Kier alpha value is -2.31. The summed E-state index contributed by atoms with van der Waals surface area (Å²) in [6, 6.07) is 7.95. The van der Waals surface area contributed by atoms with Crippen molar-refractivity contribution in [3.05, 3.63) is 52.0 Å². The Balaban J connectivity index is 1.51. The summed E-state index contributed by atoms with van der Waals surface area (Å²) in [5, 5.41) is 9.41. The van der Waals surface area contributed by atoms with E-state index < -0.39 is 0 Å². The van der Waals surface area contributed by atoms with Crippen molar-refractivity contribution < 1.29 is 9.21 Å². The highest BCUT2D eigenvalue weighted by Gasteiger charge is 2.22. The molecule has 0 bridgehead atoms. The minimum absolute atomic E-state index is 0.104. The molecule has 1 fully saturated rings. The van der Waals surface area contributed by atoms with Crippen LogP contribution in [0.1, 0.15) is 67.0 Å². The normalized spacial score (nSPS) is 15.8. The Morgan fingerprint density at radius 2 is 2.00 bits per heavy atom. The number of furan rings is 1. The molecule has 1 saturated heterocycles. The molecule has 3 heterocycles. The lowest BCUT2D eigenvalue weighted by Crippen LogP contribution is -2.44. The standard InChI is InChI=1S/C24H31ClN4O2/c1-5-28-8-6-20(7-9-28)26-24(30)21-10-16(4)29(27-21)14-18-12-19(25)11-17-13-22(15(2)3)31-23(17)18/h10-13,15,20H,5-9,14H2,1-4H3,(H,26,30). The van der Waals surface area contributed by atoms with E-state index in [0.29, 0.717) is 23.2 Å². The summed E-state index contributed by atoms with van der Waals surface area (Å²) in [5.74, 6) is 1.13. The van der Waals surface area contributed by atoms with Gasteiger partial charge in [0.15, 0.2) is 0 Å². The van der Waals surface area contributed by atoms with E-state index >= 15 is 0 Å². The van der Waals surface area contributed by atoms with E-state index in [1.807, 2.05) is 35.9 Å². The number of hydrogen-bond donors (Lipinski definition) is 1. The molecular formula is C24H31ClN4O2. The minimum Gasteiger partial charge on any atom is -0.460 e. The molecule has 1 aromatic carbocycles. The van der Waals surface area contributed by atoms with Crippen LogP contribution in [0.15, 0.2) is 28.7 Å². The number of aryl methyl sites for hydroxylation is 1. The number of rotatable bonds is 6. The molecule has 0 radical (unpaired) electrons. The zero-order chi connectivity index (χ0) is 22.1. The highest BCUT2D eigenvalue weighted by molar-refractivity contribution is 6.31. The second kappa shape index (κ2) is 9.05. The number of aromatic nitrogens is 2. The topological polar surface area (TPSA) is 63.3 Å². The highest BCUT2D eigenvalue weighted by atomic mass is 35.5. The molecule has 1 amide bonds. The second-order valence-electron chi connectivity index (χ2n) is 8.80.